The maximum absolute atomic E-state index is 13.6. The van der Waals surface area contributed by atoms with E-state index in [2.05, 4.69) is 0 Å². The van der Waals surface area contributed by atoms with Gasteiger partial charge in [0.25, 0.3) is 5.91 Å². The van der Waals surface area contributed by atoms with Crippen molar-refractivity contribution in [3.8, 4) is 5.75 Å². The number of hydrogen-bond donors (Lipinski definition) is 0. The summed E-state index contributed by atoms with van der Waals surface area (Å²) in [4.78, 5) is 16.4. The van der Waals surface area contributed by atoms with Crippen molar-refractivity contribution in [2.45, 2.75) is 25.9 Å². The van der Waals surface area contributed by atoms with E-state index in [1.807, 2.05) is 54.8 Å². The molecule has 1 unspecified atom stereocenters. The Morgan fingerprint density at radius 1 is 1.19 bits per heavy atom. The van der Waals surface area contributed by atoms with Gasteiger partial charge in [0.1, 0.15) is 5.75 Å². The first-order valence-corrected chi connectivity index (χ1v) is 12.6. The Labute approximate surface area is 186 Å². The lowest BCUT2D eigenvalue weighted by atomic mass is 10.1. The average molecular weight is 457 g/mol. The van der Waals surface area contributed by atoms with Crippen molar-refractivity contribution in [3.63, 3.8) is 0 Å². The number of rotatable bonds is 6. The highest BCUT2D eigenvalue weighted by molar-refractivity contribution is 7.92. The van der Waals surface area contributed by atoms with Gasteiger partial charge in [-0.05, 0) is 72.8 Å². The van der Waals surface area contributed by atoms with Crippen LogP contribution in [0.1, 0.15) is 27.7 Å². The van der Waals surface area contributed by atoms with E-state index in [1.165, 1.54) is 10.6 Å². The van der Waals surface area contributed by atoms with E-state index in [0.29, 0.717) is 24.2 Å². The van der Waals surface area contributed by atoms with Gasteiger partial charge < -0.3 is 9.64 Å². The molecule has 3 aromatic rings. The minimum Gasteiger partial charge on any atom is -0.497 e. The molecule has 0 spiro atoms. The van der Waals surface area contributed by atoms with E-state index in [0.717, 1.165) is 21.9 Å². The standard InChI is InChI=1S/C23H24N2O4S2/c1-16-13-18-14-17(6-11-22(18)25(16)31(3,27)28)23(26)24(15-21-5-4-12-30-21)19-7-9-20(29-2)10-8-19/h4-12,14,16H,13,15H2,1-3H3. The Hall–Kier alpha value is -2.84. The number of fused-ring (bicyclic) bond motifs is 1. The van der Waals surface area contributed by atoms with E-state index >= 15 is 0 Å². The molecule has 0 saturated heterocycles. The second-order valence-electron chi connectivity index (χ2n) is 7.62. The summed E-state index contributed by atoms with van der Waals surface area (Å²) in [5.41, 5.74) is 2.83. The quantitative estimate of drug-likeness (QED) is 0.554. The summed E-state index contributed by atoms with van der Waals surface area (Å²) in [6.07, 6.45) is 1.79. The predicted molar refractivity (Wildman–Crippen MR) is 125 cm³/mol. The molecule has 4 rings (SSSR count). The van der Waals surface area contributed by atoms with E-state index in [1.54, 1.807) is 35.5 Å². The summed E-state index contributed by atoms with van der Waals surface area (Å²) in [5, 5.41) is 1.99. The van der Waals surface area contributed by atoms with Crippen molar-refractivity contribution in [2.24, 2.45) is 0 Å². The summed E-state index contributed by atoms with van der Waals surface area (Å²) in [6, 6.07) is 16.5. The van der Waals surface area contributed by atoms with Crippen molar-refractivity contribution < 1.29 is 17.9 Å². The first-order valence-electron chi connectivity index (χ1n) is 9.88. The third-order valence-electron chi connectivity index (χ3n) is 5.36. The molecular weight excluding hydrogens is 432 g/mol. The molecule has 0 bridgehead atoms. The zero-order valence-corrected chi connectivity index (χ0v) is 19.2. The Morgan fingerprint density at radius 3 is 2.55 bits per heavy atom. The van der Waals surface area contributed by atoms with Crippen LogP contribution in [0.15, 0.2) is 60.0 Å². The van der Waals surface area contributed by atoms with Crippen LogP contribution in [0.5, 0.6) is 5.75 Å². The molecule has 162 valence electrons. The van der Waals surface area contributed by atoms with Crippen LogP contribution in [0.4, 0.5) is 11.4 Å². The number of carbonyl (C=O) groups is 1. The highest BCUT2D eigenvalue weighted by atomic mass is 32.2. The number of thiophene rings is 1. The van der Waals surface area contributed by atoms with Gasteiger partial charge in [-0.25, -0.2) is 8.42 Å². The van der Waals surface area contributed by atoms with Gasteiger partial charge in [-0.15, -0.1) is 11.3 Å². The van der Waals surface area contributed by atoms with Crippen molar-refractivity contribution in [1.29, 1.82) is 0 Å². The molecule has 0 N–H and O–H groups in total. The highest BCUT2D eigenvalue weighted by Crippen LogP contribution is 2.35. The molecule has 1 atom stereocenters. The number of hydrogen-bond acceptors (Lipinski definition) is 5. The smallest absolute Gasteiger partial charge is 0.258 e. The number of carbonyl (C=O) groups excluding carboxylic acids is 1. The number of benzene rings is 2. The number of anilines is 2. The zero-order valence-electron chi connectivity index (χ0n) is 17.6. The minimum absolute atomic E-state index is 0.133. The van der Waals surface area contributed by atoms with Crippen LogP contribution in [0, 0.1) is 0 Å². The van der Waals surface area contributed by atoms with Gasteiger partial charge in [-0.3, -0.25) is 9.10 Å². The van der Waals surface area contributed by atoms with Crippen molar-refractivity contribution in [2.75, 3.05) is 22.6 Å². The van der Waals surface area contributed by atoms with E-state index in [-0.39, 0.29) is 11.9 Å². The van der Waals surface area contributed by atoms with Crippen LogP contribution in [-0.4, -0.2) is 33.7 Å². The zero-order chi connectivity index (χ0) is 22.2. The normalized spacial score (nSPS) is 15.6. The highest BCUT2D eigenvalue weighted by Gasteiger charge is 2.33. The molecule has 0 aliphatic carbocycles. The number of nitrogens with zero attached hydrogens (tertiary/aromatic N) is 2. The van der Waals surface area contributed by atoms with E-state index in [9.17, 15) is 13.2 Å². The summed E-state index contributed by atoms with van der Waals surface area (Å²) < 4.78 is 31.1. The number of amides is 1. The van der Waals surface area contributed by atoms with Crippen LogP contribution in [0.25, 0.3) is 0 Å². The molecule has 0 radical (unpaired) electrons. The van der Waals surface area contributed by atoms with Crippen LogP contribution in [-0.2, 0) is 23.0 Å². The minimum atomic E-state index is -3.37. The average Bonchev–Trinajstić information content (AvgIpc) is 3.37. The Balaban J connectivity index is 1.69. The van der Waals surface area contributed by atoms with Crippen molar-refractivity contribution >= 4 is 38.6 Å². The van der Waals surface area contributed by atoms with E-state index in [4.69, 9.17) is 4.74 Å². The van der Waals surface area contributed by atoms with Crippen LogP contribution < -0.4 is 13.9 Å². The lowest BCUT2D eigenvalue weighted by Gasteiger charge is -2.24. The fourth-order valence-electron chi connectivity index (χ4n) is 4.00. The molecule has 1 amide bonds. The first kappa shape index (κ1) is 21.4. The third kappa shape index (κ3) is 4.31. The fourth-order valence-corrected chi connectivity index (χ4v) is 5.95. The number of sulfonamides is 1. The van der Waals surface area contributed by atoms with Gasteiger partial charge in [-0.2, -0.15) is 0 Å². The third-order valence-corrected chi connectivity index (χ3v) is 7.49. The molecule has 1 aromatic heterocycles. The topological polar surface area (TPSA) is 66.9 Å². The van der Waals surface area contributed by atoms with Crippen molar-refractivity contribution in [3.05, 3.63) is 76.0 Å². The van der Waals surface area contributed by atoms with Gasteiger partial charge in [-0.1, -0.05) is 6.07 Å². The summed E-state index contributed by atoms with van der Waals surface area (Å²) in [6.45, 7) is 2.33. The number of ether oxygens (including phenoxy) is 1. The lowest BCUT2D eigenvalue weighted by Crippen LogP contribution is -2.34. The largest absolute Gasteiger partial charge is 0.497 e. The van der Waals surface area contributed by atoms with Gasteiger partial charge in [0.05, 0.1) is 25.6 Å². The Morgan fingerprint density at radius 2 is 1.94 bits per heavy atom. The maximum Gasteiger partial charge on any atom is 0.258 e. The summed E-state index contributed by atoms with van der Waals surface area (Å²) in [5.74, 6) is 0.589. The fraction of sp³-hybridized carbons (Fsp3) is 0.261. The van der Waals surface area contributed by atoms with Gasteiger partial charge in [0.15, 0.2) is 0 Å². The molecule has 0 saturated carbocycles. The van der Waals surface area contributed by atoms with Crippen LogP contribution in [0.2, 0.25) is 0 Å². The molecule has 2 aromatic carbocycles. The number of methoxy groups -OCH3 is 1. The monoisotopic (exact) mass is 456 g/mol. The van der Waals surface area contributed by atoms with Crippen LogP contribution in [0.3, 0.4) is 0 Å². The summed E-state index contributed by atoms with van der Waals surface area (Å²) in [7, 11) is -1.76. The molecule has 1 aliphatic heterocycles. The molecule has 2 heterocycles. The SMILES string of the molecule is COc1ccc(N(Cc2cccs2)C(=O)c2ccc3c(c2)CC(C)N3S(C)(=O)=O)cc1. The van der Waals surface area contributed by atoms with Crippen molar-refractivity contribution in [1.82, 2.24) is 0 Å². The molecule has 8 heteroatoms. The molecule has 6 nitrogen and oxygen atoms in total. The second kappa shape index (κ2) is 8.36. The van der Waals surface area contributed by atoms with Gasteiger partial charge in [0.2, 0.25) is 10.0 Å². The maximum atomic E-state index is 13.6. The molecular formula is C23H24N2O4S2. The Bertz CT molecular complexity index is 1190. The molecule has 31 heavy (non-hydrogen) atoms. The van der Waals surface area contributed by atoms with Gasteiger partial charge in [0, 0.05) is 22.2 Å². The van der Waals surface area contributed by atoms with E-state index < -0.39 is 10.0 Å². The molecule has 0 fully saturated rings. The molecule has 1 aliphatic rings. The van der Waals surface area contributed by atoms with Gasteiger partial charge >= 0.3 is 0 Å². The Kier molecular flexibility index (Phi) is 5.77. The lowest BCUT2D eigenvalue weighted by molar-refractivity contribution is 0.0985. The second-order valence-corrected chi connectivity index (χ2v) is 10.5. The predicted octanol–water partition coefficient (Wildman–Crippen LogP) is 4.31. The first-order chi connectivity index (χ1) is 14.8. The van der Waals surface area contributed by atoms with Crippen LogP contribution >= 0.6 is 11.3 Å². The summed E-state index contributed by atoms with van der Waals surface area (Å²) >= 11 is 1.60.